The summed E-state index contributed by atoms with van der Waals surface area (Å²) in [7, 11) is 0. The average molecular weight is 309 g/mol. The zero-order valence-electron chi connectivity index (χ0n) is 11.4. The third kappa shape index (κ3) is 6.68. The molecule has 0 spiro atoms. The van der Waals surface area contributed by atoms with E-state index in [1.165, 1.54) is 0 Å². The van der Waals surface area contributed by atoms with Gasteiger partial charge in [0.25, 0.3) is 5.91 Å². The lowest BCUT2D eigenvalue weighted by atomic mass is 10.3. The lowest BCUT2D eigenvalue weighted by Crippen LogP contribution is -2.40. The van der Waals surface area contributed by atoms with Crippen molar-refractivity contribution in [2.45, 2.75) is 19.9 Å². The van der Waals surface area contributed by atoms with Gasteiger partial charge in [0.1, 0.15) is 5.82 Å². The van der Waals surface area contributed by atoms with Crippen LogP contribution >= 0.6 is 12.4 Å². The Morgan fingerprint density at radius 1 is 1.40 bits per heavy atom. The Hall–Kier alpha value is -1.40. The van der Waals surface area contributed by atoms with Gasteiger partial charge in [0, 0.05) is 18.7 Å². The first-order valence-electron chi connectivity index (χ1n) is 6.10. The second-order valence-electron chi connectivity index (χ2n) is 4.13. The molecule has 0 aliphatic rings. The number of hydrogen-bond donors (Lipinski definition) is 2. The molecule has 0 aromatic heterocycles. The SMILES string of the molecule is CCN[C@H](C)CNC(=O)COc1ccc(F)cc1F.Cl. The number of amides is 1. The van der Waals surface area contributed by atoms with E-state index in [2.05, 4.69) is 10.6 Å². The molecule has 1 rings (SSSR count). The van der Waals surface area contributed by atoms with Gasteiger partial charge in [-0.15, -0.1) is 12.4 Å². The van der Waals surface area contributed by atoms with Crippen molar-refractivity contribution in [2.24, 2.45) is 0 Å². The summed E-state index contributed by atoms with van der Waals surface area (Å²) in [4.78, 5) is 11.4. The smallest absolute Gasteiger partial charge is 0.257 e. The van der Waals surface area contributed by atoms with Crippen molar-refractivity contribution in [2.75, 3.05) is 19.7 Å². The molecular formula is C13H19ClF2N2O2. The molecule has 114 valence electrons. The molecule has 0 aliphatic heterocycles. The van der Waals surface area contributed by atoms with Gasteiger partial charge in [-0.1, -0.05) is 6.92 Å². The first-order valence-corrected chi connectivity index (χ1v) is 6.10. The third-order valence-electron chi connectivity index (χ3n) is 2.41. The highest BCUT2D eigenvalue weighted by molar-refractivity contribution is 5.85. The van der Waals surface area contributed by atoms with E-state index in [9.17, 15) is 13.6 Å². The van der Waals surface area contributed by atoms with Crippen molar-refractivity contribution in [3.05, 3.63) is 29.8 Å². The van der Waals surface area contributed by atoms with E-state index in [1.807, 2.05) is 13.8 Å². The van der Waals surface area contributed by atoms with Gasteiger partial charge >= 0.3 is 0 Å². The summed E-state index contributed by atoms with van der Waals surface area (Å²) in [6.45, 7) is 4.88. The van der Waals surface area contributed by atoms with Crippen molar-refractivity contribution in [3.63, 3.8) is 0 Å². The number of halogens is 3. The zero-order chi connectivity index (χ0) is 14.3. The van der Waals surface area contributed by atoms with Gasteiger partial charge in [0.05, 0.1) is 0 Å². The number of likely N-dealkylation sites (N-methyl/N-ethyl adjacent to an activating group) is 1. The maximum Gasteiger partial charge on any atom is 0.257 e. The van der Waals surface area contributed by atoms with E-state index >= 15 is 0 Å². The van der Waals surface area contributed by atoms with Crippen LogP contribution < -0.4 is 15.4 Å². The minimum Gasteiger partial charge on any atom is -0.481 e. The van der Waals surface area contributed by atoms with Gasteiger partial charge in [-0.25, -0.2) is 8.78 Å². The van der Waals surface area contributed by atoms with Gasteiger partial charge < -0.3 is 15.4 Å². The summed E-state index contributed by atoms with van der Waals surface area (Å²) < 4.78 is 30.8. The highest BCUT2D eigenvalue weighted by Crippen LogP contribution is 2.17. The average Bonchev–Trinajstić information content (AvgIpc) is 2.35. The fraction of sp³-hybridized carbons (Fsp3) is 0.462. The molecule has 0 bridgehead atoms. The minimum absolute atomic E-state index is 0. The van der Waals surface area contributed by atoms with E-state index in [0.29, 0.717) is 12.6 Å². The Balaban J connectivity index is 0.00000361. The second kappa shape index (κ2) is 9.50. The molecule has 0 saturated carbocycles. The van der Waals surface area contributed by atoms with Crippen LogP contribution in [-0.4, -0.2) is 31.6 Å². The van der Waals surface area contributed by atoms with Crippen molar-refractivity contribution in [1.29, 1.82) is 0 Å². The van der Waals surface area contributed by atoms with Crippen molar-refractivity contribution >= 4 is 18.3 Å². The first-order chi connectivity index (χ1) is 9.02. The maximum absolute atomic E-state index is 13.2. The van der Waals surface area contributed by atoms with E-state index in [0.717, 1.165) is 18.7 Å². The number of rotatable bonds is 7. The standard InChI is InChI=1S/C13H18F2N2O2.ClH/c1-3-16-9(2)7-17-13(18)8-19-12-5-4-10(14)6-11(12)15;/h4-6,9,16H,3,7-8H2,1-2H3,(H,17,18);1H/t9-;/m1./s1. The largest absolute Gasteiger partial charge is 0.481 e. The highest BCUT2D eigenvalue weighted by Gasteiger charge is 2.08. The third-order valence-corrected chi connectivity index (χ3v) is 2.41. The fourth-order valence-corrected chi connectivity index (χ4v) is 1.47. The Bertz CT molecular complexity index is 433. The summed E-state index contributed by atoms with van der Waals surface area (Å²) >= 11 is 0. The van der Waals surface area contributed by atoms with Gasteiger partial charge in [0.2, 0.25) is 0 Å². The summed E-state index contributed by atoms with van der Waals surface area (Å²) in [5, 5.41) is 5.78. The monoisotopic (exact) mass is 308 g/mol. The number of carbonyl (C=O) groups excluding carboxylic acids is 1. The lowest BCUT2D eigenvalue weighted by molar-refractivity contribution is -0.123. The molecule has 0 saturated heterocycles. The summed E-state index contributed by atoms with van der Waals surface area (Å²) in [5.74, 6) is -2.01. The molecule has 1 aromatic rings. The second-order valence-corrected chi connectivity index (χ2v) is 4.13. The molecule has 1 atom stereocenters. The molecule has 0 radical (unpaired) electrons. The molecule has 1 aromatic carbocycles. The number of ether oxygens (including phenoxy) is 1. The topological polar surface area (TPSA) is 50.4 Å². The predicted molar refractivity (Wildman–Crippen MR) is 75.2 cm³/mol. The number of benzene rings is 1. The summed E-state index contributed by atoms with van der Waals surface area (Å²) in [6, 6.07) is 3.08. The Labute approximate surface area is 123 Å². The molecule has 0 fully saturated rings. The summed E-state index contributed by atoms with van der Waals surface area (Å²) in [5.41, 5.74) is 0. The van der Waals surface area contributed by atoms with Gasteiger partial charge in [0.15, 0.2) is 18.2 Å². The molecule has 2 N–H and O–H groups in total. The van der Waals surface area contributed by atoms with Crippen molar-refractivity contribution in [1.82, 2.24) is 10.6 Å². The van der Waals surface area contributed by atoms with Crippen LogP contribution in [0, 0.1) is 11.6 Å². The van der Waals surface area contributed by atoms with E-state index in [4.69, 9.17) is 4.74 Å². The van der Waals surface area contributed by atoms with E-state index < -0.39 is 11.6 Å². The molecule has 0 heterocycles. The van der Waals surface area contributed by atoms with Crippen LogP contribution in [0.2, 0.25) is 0 Å². The van der Waals surface area contributed by atoms with E-state index in [1.54, 1.807) is 0 Å². The number of carbonyl (C=O) groups is 1. The van der Waals surface area contributed by atoms with Crippen LogP contribution in [-0.2, 0) is 4.79 Å². The van der Waals surface area contributed by atoms with Gasteiger partial charge in [-0.05, 0) is 25.6 Å². The number of nitrogens with one attached hydrogen (secondary N) is 2. The highest BCUT2D eigenvalue weighted by atomic mass is 35.5. The minimum atomic E-state index is -0.825. The normalized spacial score (nSPS) is 11.4. The van der Waals surface area contributed by atoms with Gasteiger partial charge in [-0.2, -0.15) is 0 Å². The van der Waals surface area contributed by atoms with Crippen molar-refractivity contribution < 1.29 is 18.3 Å². The molecule has 7 heteroatoms. The molecule has 4 nitrogen and oxygen atoms in total. The van der Waals surface area contributed by atoms with E-state index in [-0.39, 0.29) is 36.7 Å². The van der Waals surface area contributed by atoms with Crippen LogP contribution in [0.3, 0.4) is 0 Å². The van der Waals surface area contributed by atoms with Crippen molar-refractivity contribution in [3.8, 4) is 5.75 Å². The Kier molecular flexibility index (Phi) is 8.83. The zero-order valence-corrected chi connectivity index (χ0v) is 12.2. The molecule has 0 unspecified atom stereocenters. The van der Waals surface area contributed by atoms with Crippen LogP contribution in [0.5, 0.6) is 5.75 Å². The van der Waals surface area contributed by atoms with Crippen LogP contribution in [0.15, 0.2) is 18.2 Å². The molecule has 20 heavy (non-hydrogen) atoms. The quantitative estimate of drug-likeness (QED) is 0.808. The molecular weight excluding hydrogens is 290 g/mol. The molecule has 0 aliphatic carbocycles. The predicted octanol–water partition coefficient (Wildman–Crippen LogP) is 1.88. The van der Waals surface area contributed by atoms with Crippen LogP contribution in [0.1, 0.15) is 13.8 Å². The van der Waals surface area contributed by atoms with Gasteiger partial charge in [-0.3, -0.25) is 4.79 Å². The maximum atomic E-state index is 13.2. The lowest BCUT2D eigenvalue weighted by Gasteiger charge is -2.13. The van der Waals surface area contributed by atoms with Crippen LogP contribution in [0.4, 0.5) is 8.78 Å². The summed E-state index contributed by atoms with van der Waals surface area (Å²) in [6.07, 6.45) is 0. The first kappa shape index (κ1) is 18.6. The molecule has 1 amide bonds. The van der Waals surface area contributed by atoms with Crippen LogP contribution in [0.25, 0.3) is 0 Å². The number of hydrogen-bond acceptors (Lipinski definition) is 3. The fourth-order valence-electron chi connectivity index (χ4n) is 1.47. The Morgan fingerprint density at radius 2 is 2.10 bits per heavy atom. The Morgan fingerprint density at radius 3 is 2.70 bits per heavy atom.